The fraction of sp³-hybridized carbons (Fsp3) is 0.750. The molecule has 0 atom stereocenters. The van der Waals surface area contributed by atoms with Gasteiger partial charge in [0.25, 0.3) is 0 Å². The highest BCUT2D eigenvalue weighted by Gasteiger charge is 2.05. The molecular formula is C24H44N4O2+2. The van der Waals surface area contributed by atoms with Gasteiger partial charge in [0.2, 0.25) is 12.7 Å². The van der Waals surface area contributed by atoms with Gasteiger partial charge in [0.05, 0.1) is 26.3 Å². The molecule has 2 aromatic rings. The first-order chi connectivity index (χ1) is 14.8. The first kappa shape index (κ1) is 24.6. The van der Waals surface area contributed by atoms with Gasteiger partial charge in [0.15, 0.2) is 13.5 Å². The number of hydrogen-bond donors (Lipinski definition) is 0. The molecule has 6 heteroatoms. The summed E-state index contributed by atoms with van der Waals surface area (Å²) >= 11 is 0. The van der Waals surface area contributed by atoms with Crippen LogP contribution in [0.4, 0.5) is 0 Å². The smallest absolute Gasteiger partial charge is 0.245 e. The Hall–Kier alpha value is -1.66. The largest absolute Gasteiger partial charge is 0.342 e. The van der Waals surface area contributed by atoms with Gasteiger partial charge < -0.3 is 9.47 Å². The second-order valence-electron chi connectivity index (χ2n) is 8.23. The van der Waals surface area contributed by atoms with Crippen molar-refractivity contribution in [3.63, 3.8) is 0 Å². The molecule has 170 valence electrons. The lowest BCUT2D eigenvalue weighted by molar-refractivity contribution is -0.733. The highest BCUT2D eigenvalue weighted by molar-refractivity contribution is 4.66. The van der Waals surface area contributed by atoms with Gasteiger partial charge in [-0.25, -0.2) is 18.3 Å². The van der Waals surface area contributed by atoms with Gasteiger partial charge in [-0.15, -0.1) is 0 Å². The van der Waals surface area contributed by atoms with Crippen LogP contribution in [0.5, 0.6) is 0 Å². The Morgan fingerprint density at radius 3 is 1.50 bits per heavy atom. The van der Waals surface area contributed by atoms with Crippen LogP contribution in [-0.2, 0) is 36.0 Å². The molecule has 0 N–H and O–H groups in total. The highest BCUT2D eigenvalue weighted by Crippen LogP contribution is 2.02. The number of aromatic nitrogens is 4. The van der Waals surface area contributed by atoms with Gasteiger partial charge in [-0.2, -0.15) is 0 Å². The summed E-state index contributed by atoms with van der Waals surface area (Å²) in [6, 6.07) is 0. The molecule has 0 saturated carbocycles. The van der Waals surface area contributed by atoms with Crippen LogP contribution in [0.3, 0.4) is 0 Å². The third-order valence-electron chi connectivity index (χ3n) is 5.34. The maximum absolute atomic E-state index is 5.78. The van der Waals surface area contributed by atoms with E-state index in [1.807, 2.05) is 0 Å². The van der Waals surface area contributed by atoms with Crippen LogP contribution in [0, 0.1) is 0 Å². The zero-order valence-corrected chi connectivity index (χ0v) is 19.4. The fourth-order valence-corrected chi connectivity index (χ4v) is 3.49. The topological polar surface area (TPSA) is 36.1 Å². The Balaban J connectivity index is 1.43. The predicted octanol–water partition coefficient (Wildman–Crippen LogP) is 4.45. The maximum atomic E-state index is 5.78. The van der Waals surface area contributed by atoms with E-state index in [-0.39, 0.29) is 0 Å². The van der Waals surface area contributed by atoms with Crippen LogP contribution in [0.2, 0.25) is 0 Å². The van der Waals surface area contributed by atoms with Crippen LogP contribution in [0.25, 0.3) is 0 Å². The van der Waals surface area contributed by atoms with Crippen LogP contribution < -0.4 is 9.13 Å². The Labute approximate surface area is 183 Å². The number of hydrogen-bond acceptors (Lipinski definition) is 2. The second kappa shape index (κ2) is 16.1. The van der Waals surface area contributed by atoms with Crippen molar-refractivity contribution in [2.45, 2.75) is 105 Å². The lowest BCUT2D eigenvalue weighted by atomic mass is 10.2. The van der Waals surface area contributed by atoms with Crippen molar-refractivity contribution in [3.05, 3.63) is 37.4 Å². The van der Waals surface area contributed by atoms with Gasteiger partial charge >= 0.3 is 0 Å². The minimum Gasteiger partial charge on any atom is -0.342 e. The molecule has 0 fully saturated rings. The molecule has 0 unspecified atom stereocenters. The molecule has 2 heterocycles. The third kappa shape index (κ3) is 10.9. The molecule has 2 aromatic heterocycles. The number of ether oxygens (including phenoxy) is 2. The van der Waals surface area contributed by atoms with Gasteiger partial charge in [0.1, 0.15) is 24.8 Å². The van der Waals surface area contributed by atoms with Crippen molar-refractivity contribution in [2.75, 3.05) is 13.2 Å². The highest BCUT2D eigenvalue weighted by atomic mass is 16.5. The number of nitrogens with zero attached hydrogens (tertiary/aromatic N) is 4. The molecule has 30 heavy (non-hydrogen) atoms. The third-order valence-corrected chi connectivity index (χ3v) is 5.34. The van der Waals surface area contributed by atoms with E-state index >= 15 is 0 Å². The van der Waals surface area contributed by atoms with E-state index in [4.69, 9.17) is 9.47 Å². The Bertz CT molecular complexity index is 597. The maximum Gasteiger partial charge on any atom is 0.245 e. The SMILES string of the molecule is CCCCCCn1cc[n+](COCCCCOC[n+]2ccn(CCCCCC)c2)c1. The lowest BCUT2D eigenvalue weighted by Crippen LogP contribution is -2.33. The summed E-state index contributed by atoms with van der Waals surface area (Å²) in [6.07, 6.45) is 25.2. The fourth-order valence-electron chi connectivity index (χ4n) is 3.49. The van der Waals surface area contributed by atoms with Crippen molar-refractivity contribution in [2.24, 2.45) is 0 Å². The number of rotatable bonds is 19. The second-order valence-corrected chi connectivity index (χ2v) is 8.23. The normalized spacial score (nSPS) is 11.4. The van der Waals surface area contributed by atoms with Gasteiger partial charge in [-0.1, -0.05) is 39.5 Å². The van der Waals surface area contributed by atoms with Crippen LogP contribution in [-0.4, -0.2) is 22.3 Å². The minimum atomic E-state index is 0.629. The van der Waals surface area contributed by atoms with Crippen molar-refractivity contribution in [1.29, 1.82) is 0 Å². The first-order valence-corrected chi connectivity index (χ1v) is 12.1. The Kier molecular flexibility index (Phi) is 13.2. The van der Waals surface area contributed by atoms with Gasteiger partial charge in [-0.05, 0) is 38.5 Å². The predicted molar refractivity (Wildman–Crippen MR) is 119 cm³/mol. The van der Waals surface area contributed by atoms with E-state index in [1.54, 1.807) is 0 Å². The molecule has 0 aliphatic rings. The average Bonchev–Trinajstić information content (AvgIpc) is 3.40. The zero-order chi connectivity index (χ0) is 21.3. The summed E-state index contributed by atoms with van der Waals surface area (Å²) in [5, 5.41) is 0. The summed E-state index contributed by atoms with van der Waals surface area (Å²) in [4.78, 5) is 0. The van der Waals surface area contributed by atoms with Crippen LogP contribution in [0.1, 0.15) is 78.1 Å². The van der Waals surface area contributed by atoms with Crippen LogP contribution >= 0.6 is 0 Å². The summed E-state index contributed by atoms with van der Waals surface area (Å²) < 4.78 is 20.3. The molecule has 0 aromatic carbocycles. The first-order valence-electron chi connectivity index (χ1n) is 12.1. The molecule has 0 aliphatic heterocycles. The zero-order valence-electron chi connectivity index (χ0n) is 19.4. The monoisotopic (exact) mass is 420 g/mol. The van der Waals surface area contributed by atoms with E-state index in [0.29, 0.717) is 13.5 Å². The summed E-state index contributed by atoms with van der Waals surface area (Å²) in [6.45, 7) is 9.52. The average molecular weight is 421 g/mol. The molecular weight excluding hydrogens is 376 g/mol. The van der Waals surface area contributed by atoms with E-state index < -0.39 is 0 Å². The van der Waals surface area contributed by atoms with E-state index in [1.165, 1.54) is 51.4 Å². The van der Waals surface area contributed by atoms with Crippen molar-refractivity contribution < 1.29 is 18.6 Å². The summed E-state index contributed by atoms with van der Waals surface area (Å²) in [5.41, 5.74) is 0. The van der Waals surface area contributed by atoms with Crippen molar-refractivity contribution >= 4 is 0 Å². The van der Waals surface area contributed by atoms with Gasteiger partial charge in [-0.3, -0.25) is 0 Å². The lowest BCUT2D eigenvalue weighted by Gasteiger charge is -2.03. The molecule has 2 rings (SSSR count). The van der Waals surface area contributed by atoms with E-state index in [0.717, 1.165) is 39.1 Å². The van der Waals surface area contributed by atoms with Gasteiger partial charge in [0, 0.05) is 0 Å². The molecule has 0 aliphatic carbocycles. The quantitative estimate of drug-likeness (QED) is 0.249. The molecule has 0 spiro atoms. The molecule has 0 amide bonds. The Morgan fingerprint density at radius 2 is 1.07 bits per heavy atom. The minimum absolute atomic E-state index is 0.629. The van der Waals surface area contributed by atoms with Crippen molar-refractivity contribution in [1.82, 2.24) is 9.13 Å². The molecule has 0 radical (unpaired) electrons. The van der Waals surface area contributed by atoms with Crippen LogP contribution in [0.15, 0.2) is 37.4 Å². The van der Waals surface area contributed by atoms with Crippen molar-refractivity contribution in [3.8, 4) is 0 Å². The standard InChI is InChI=1S/C24H44N4O2/c1-3-5-7-9-13-25-15-17-27(21-25)23-29-19-11-12-20-30-24-28-18-16-26(22-28)14-10-8-6-4-2/h15-18,21-22H,3-14,19-20,23-24H2,1-2H3/q+2. The number of aryl methyl sites for hydroxylation is 2. The summed E-state index contributed by atoms with van der Waals surface area (Å²) in [5.74, 6) is 0. The number of imidazole rings is 2. The van der Waals surface area contributed by atoms with E-state index in [2.05, 4.69) is 69.6 Å². The Morgan fingerprint density at radius 1 is 0.600 bits per heavy atom. The molecule has 6 nitrogen and oxygen atoms in total. The number of unbranched alkanes of at least 4 members (excludes halogenated alkanes) is 7. The molecule has 0 bridgehead atoms. The molecule has 0 saturated heterocycles. The van der Waals surface area contributed by atoms with E-state index in [9.17, 15) is 0 Å². The summed E-state index contributed by atoms with van der Waals surface area (Å²) in [7, 11) is 0.